The average molecular weight is 917 g/mol. The number of methoxy groups -OCH3 is 1. The zero-order valence-electron chi connectivity index (χ0n) is 39.0. The molecule has 0 bridgehead atoms. The van der Waals surface area contributed by atoms with Gasteiger partial charge in [0.2, 0.25) is 23.7 Å². The molecule has 356 valence electrons. The van der Waals surface area contributed by atoms with Crippen LogP contribution in [-0.4, -0.2) is 134 Å². The van der Waals surface area contributed by atoms with Gasteiger partial charge in [-0.2, -0.15) is 4.98 Å². The quantitative estimate of drug-likeness (QED) is 0.0793. The van der Waals surface area contributed by atoms with E-state index < -0.39 is 11.9 Å². The second-order valence-electron chi connectivity index (χ2n) is 18.1. The number of carbonyl (C=O) groups is 5. The standard InChI is InChI=1S/C50H64N10O7/c1-4-40-49(65)57(2)42-31-52-50(56-45(42)60(40)36-14-7-8-15-36)54-39-18-17-34(30-43(39)66-3)46(62)53-35-21-26-58(27-22-35)25-11-23-51-24-29-67-28-9-5-6-12-33-13-10-16-37-38(33)32-59(48(37)64)41-19-20-44(61)55-47(41)63/h10,13,16-18,30-31,35-36,40-41,51H,4-5,7-9,11,14-15,19-29,32H2,1-3H3,(H,53,62)(H,52,54,56)(H,55,61,63)/t40-,41?/m1/s1. The number of amides is 5. The van der Waals surface area contributed by atoms with Gasteiger partial charge in [0.15, 0.2) is 5.82 Å². The number of rotatable bonds is 18. The first-order chi connectivity index (χ1) is 32.6. The molecule has 2 saturated heterocycles. The van der Waals surface area contributed by atoms with Crippen LogP contribution in [0.1, 0.15) is 116 Å². The molecule has 2 atom stereocenters. The van der Waals surface area contributed by atoms with E-state index in [1.807, 2.05) is 25.1 Å². The molecule has 1 unspecified atom stereocenters. The maximum absolute atomic E-state index is 13.4. The Balaban J connectivity index is 0.698. The van der Waals surface area contributed by atoms with E-state index in [9.17, 15) is 24.0 Å². The SMILES string of the molecule is CC[C@@H]1C(=O)N(C)c2cnc(Nc3ccc(C(=O)NC4CCN(CCCNCCOCCCC#Cc5cccc6c5CN(C5CCC(=O)NC5=O)C6=O)CC4)cc3OC)nc2N1C1CCCC1. The predicted molar refractivity (Wildman–Crippen MR) is 254 cm³/mol. The van der Waals surface area contributed by atoms with Crippen LogP contribution in [0.5, 0.6) is 5.75 Å². The zero-order valence-corrected chi connectivity index (χ0v) is 39.0. The Hall–Kier alpha value is -6.09. The summed E-state index contributed by atoms with van der Waals surface area (Å²) in [5, 5.41) is 12.4. The molecule has 3 fully saturated rings. The molecule has 8 rings (SSSR count). The van der Waals surface area contributed by atoms with Crippen molar-refractivity contribution >= 4 is 52.7 Å². The molecule has 5 aliphatic rings. The number of carbonyl (C=O) groups excluding carboxylic acids is 5. The number of nitrogens with zero attached hydrogens (tertiary/aromatic N) is 6. The van der Waals surface area contributed by atoms with Gasteiger partial charge in [0.05, 0.1) is 25.6 Å². The lowest BCUT2D eigenvalue weighted by molar-refractivity contribution is -0.137. The molecule has 4 aliphatic heterocycles. The number of nitrogens with one attached hydrogen (secondary N) is 4. The number of ether oxygens (including phenoxy) is 2. The third-order valence-corrected chi connectivity index (χ3v) is 13.7. The Kier molecular flexibility index (Phi) is 15.7. The van der Waals surface area contributed by atoms with Gasteiger partial charge in [0.1, 0.15) is 23.5 Å². The van der Waals surface area contributed by atoms with Crippen molar-refractivity contribution in [2.75, 3.05) is 75.2 Å². The maximum atomic E-state index is 13.4. The topological polar surface area (TPSA) is 191 Å². The minimum absolute atomic E-state index is 0.0729. The van der Waals surface area contributed by atoms with Gasteiger partial charge in [-0.25, -0.2) is 4.98 Å². The Morgan fingerprint density at radius 2 is 1.81 bits per heavy atom. The van der Waals surface area contributed by atoms with E-state index in [1.165, 1.54) is 0 Å². The Morgan fingerprint density at radius 1 is 0.985 bits per heavy atom. The molecule has 1 aliphatic carbocycles. The van der Waals surface area contributed by atoms with E-state index in [1.54, 1.807) is 48.4 Å². The molecule has 0 radical (unpaired) electrons. The molecule has 4 N–H and O–H groups in total. The smallest absolute Gasteiger partial charge is 0.255 e. The van der Waals surface area contributed by atoms with Gasteiger partial charge >= 0.3 is 0 Å². The third kappa shape index (κ3) is 11.0. The summed E-state index contributed by atoms with van der Waals surface area (Å²) in [6.45, 7) is 8.12. The fourth-order valence-corrected chi connectivity index (χ4v) is 9.99. The number of fused-ring (bicyclic) bond motifs is 2. The fourth-order valence-electron chi connectivity index (χ4n) is 9.99. The van der Waals surface area contributed by atoms with Crippen molar-refractivity contribution in [3.8, 4) is 17.6 Å². The number of benzene rings is 2. The highest BCUT2D eigenvalue weighted by Crippen LogP contribution is 2.40. The molecule has 3 aromatic rings. The fraction of sp³-hybridized carbons (Fsp3) is 0.540. The van der Waals surface area contributed by atoms with Crippen molar-refractivity contribution in [2.24, 2.45) is 0 Å². The summed E-state index contributed by atoms with van der Waals surface area (Å²) in [6.07, 6.45) is 11.6. The maximum Gasteiger partial charge on any atom is 0.255 e. The van der Waals surface area contributed by atoms with Crippen LogP contribution in [0.4, 0.5) is 23.1 Å². The third-order valence-electron chi connectivity index (χ3n) is 13.7. The van der Waals surface area contributed by atoms with Crippen molar-refractivity contribution < 1.29 is 33.4 Å². The van der Waals surface area contributed by atoms with Crippen LogP contribution in [0.15, 0.2) is 42.6 Å². The minimum atomic E-state index is -0.643. The number of unbranched alkanes of at least 4 members (excludes halogenated alkanes) is 1. The number of anilines is 4. The van der Waals surface area contributed by atoms with Gasteiger partial charge in [-0.1, -0.05) is 37.7 Å². The van der Waals surface area contributed by atoms with Gasteiger partial charge in [-0.05, 0) is 100 Å². The van der Waals surface area contributed by atoms with Gasteiger partial charge in [-0.15, -0.1) is 0 Å². The van der Waals surface area contributed by atoms with E-state index in [4.69, 9.17) is 14.5 Å². The molecular formula is C50H64N10O7. The van der Waals surface area contributed by atoms with E-state index in [-0.39, 0.29) is 48.2 Å². The molecule has 17 heteroatoms. The molecule has 1 aromatic heterocycles. The van der Waals surface area contributed by atoms with Crippen molar-refractivity contribution in [3.63, 3.8) is 0 Å². The van der Waals surface area contributed by atoms with Crippen LogP contribution < -0.4 is 35.8 Å². The molecule has 17 nitrogen and oxygen atoms in total. The Labute approximate surface area is 393 Å². The lowest BCUT2D eigenvalue weighted by atomic mass is 10.0. The van der Waals surface area contributed by atoms with Crippen molar-refractivity contribution in [1.82, 2.24) is 35.7 Å². The number of hydrogen-bond donors (Lipinski definition) is 4. The van der Waals surface area contributed by atoms with Crippen molar-refractivity contribution in [1.29, 1.82) is 0 Å². The zero-order chi connectivity index (χ0) is 46.9. The number of aromatic nitrogens is 2. The minimum Gasteiger partial charge on any atom is -0.495 e. The molecule has 0 spiro atoms. The van der Waals surface area contributed by atoms with E-state index in [0.717, 1.165) is 101 Å². The van der Waals surface area contributed by atoms with E-state index in [2.05, 4.69) is 47.9 Å². The first-order valence-corrected chi connectivity index (χ1v) is 24.1. The normalized spacial score (nSPS) is 20.1. The number of likely N-dealkylation sites (N-methyl/N-ethyl adjacent to an activating group) is 1. The lowest BCUT2D eigenvalue weighted by Crippen LogP contribution is -2.55. The van der Waals surface area contributed by atoms with Gasteiger partial charge in [0, 0.05) is 81.4 Å². The second-order valence-corrected chi connectivity index (χ2v) is 18.1. The Bertz CT molecular complexity index is 2370. The van der Waals surface area contributed by atoms with Crippen molar-refractivity contribution in [3.05, 3.63) is 64.8 Å². The average Bonchev–Trinajstić information content (AvgIpc) is 3.99. The number of imide groups is 1. The summed E-state index contributed by atoms with van der Waals surface area (Å²) in [6, 6.07) is 10.3. The van der Waals surface area contributed by atoms with Crippen molar-refractivity contribution in [2.45, 2.75) is 115 Å². The molecule has 1 saturated carbocycles. The molecular weight excluding hydrogens is 853 g/mol. The summed E-state index contributed by atoms with van der Waals surface area (Å²) in [5.74, 6) is 7.13. The molecule has 2 aromatic carbocycles. The summed E-state index contributed by atoms with van der Waals surface area (Å²) in [7, 11) is 3.37. The van der Waals surface area contributed by atoms with E-state index >= 15 is 0 Å². The van der Waals surface area contributed by atoms with Crippen LogP contribution in [-0.2, 0) is 25.7 Å². The summed E-state index contributed by atoms with van der Waals surface area (Å²) in [5.41, 5.74) is 4.06. The lowest BCUT2D eigenvalue weighted by Gasteiger charge is -2.43. The monoisotopic (exact) mass is 916 g/mol. The molecule has 5 amide bonds. The molecule has 67 heavy (non-hydrogen) atoms. The van der Waals surface area contributed by atoms with Gasteiger partial charge in [-0.3, -0.25) is 29.3 Å². The first kappa shape index (κ1) is 47.4. The van der Waals surface area contributed by atoms with Gasteiger partial charge < -0.3 is 45.0 Å². The summed E-state index contributed by atoms with van der Waals surface area (Å²) >= 11 is 0. The van der Waals surface area contributed by atoms with Crippen LogP contribution in [0, 0.1) is 11.8 Å². The summed E-state index contributed by atoms with van der Waals surface area (Å²) < 4.78 is 11.5. The van der Waals surface area contributed by atoms with Crippen LogP contribution in [0.2, 0.25) is 0 Å². The van der Waals surface area contributed by atoms with E-state index in [0.29, 0.717) is 73.2 Å². The largest absolute Gasteiger partial charge is 0.495 e. The summed E-state index contributed by atoms with van der Waals surface area (Å²) in [4.78, 5) is 81.2. The van der Waals surface area contributed by atoms with Crippen LogP contribution >= 0.6 is 0 Å². The predicted octanol–water partition coefficient (Wildman–Crippen LogP) is 4.52. The number of hydrogen-bond acceptors (Lipinski definition) is 13. The molecule has 5 heterocycles. The second kappa shape index (κ2) is 22.1. The van der Waals surface area contributed by atoms with Crippen LogP contribution in [0.3, 0.4) is 0 Å². The Morgan fingerprint density at radius 3 is 2.58 bits per heavy atom. The highest BCUT2D eigenvalue weighted by atomic mass is 16.5. The van der Waals surface area contributed by atoms with Gasteiger partial charge in [0.25, 0.3) is 11.8 Å². The van der Waals surface area contributed by atoms with Crippen LogP contribution in [0.25, 0.3) is 0 Å². The highest BCUT2D eigenvalue weighted by molar-refractivity contribution is 6.06. The highest BCUT2D eigenvalue weighted by Gasteiger charge is 2.42. The number of piperidine rings is 2. The number of likely N-dealkylation sites (tertiary alicyclic amines) is 1. The first-order valence-electron chi connectivity index (χ1n) is 24.1.